The highest BCUT2D eigenvalue weighted by atomic mass is 19.1. The predicted octanol–water partition coefficient (Wildman–Crippen LogP) is 3.83. The topological polar surface area (TPSA) is 119 Å². The van der Waals surface area contributed by atoms with Gasteiger partial charge in [0.15, 0.2) is 18.1 Å². The molecule has 0 aliphatic carbocycles. The van der Waals surface area contributed by atoms with Crippen LogP contribution in [0, 0.1) is 12.7 Å². The van der Waals surface area contributed by atoms with Crippen LogP contribution < -0.4 is 10.1 Å². The lowest BCUT2D eigenvalue weighted by Crippen LogP contribution is -2.31. The Bertz CT molecular complexity index is 1300. The number of aromatic nitrogens is 3. The van der Waals surface area contributed by atoms with Crippen molar-refractivity contribution in [1.82, 2.24) is 20.3 Å². The van der Waals surface area contributed by atoms with Crippen LogP contribution in [0.25, 0.3) is 5.69 Å². The molecule has 0 aliphatic rings. The number of nitrogens with one attached hydrogen (secondary N) is 1. The van der Waals surface area contributed by atoms with Gasteiger partial charge in [0.1, 0.15) is 11.5 Å². The first-order valence-electron chi connectivity index (χ1n) is 10.4. The molecule has 4 rings (SSSR count). The third kappa shape index (κ3) is 5.12. The Morgan fingerprint density at radius 2 is 1.94 bits per heavy atom. The third-order valence-corrected chi connectivity index (χ3v) is 5.09. The van der Waals surface area contributed by atoms with Crippen LogP contribution in [-0.4, -0.2) is 31.9 Å². The number of nitrogens with zero attached hydrogens (tertiary/aromatic N) is 3. The summed E-state index contributed by atoms with van der Waals surface area (Å²) in [6, 6.07) is 15.3. The molecule has 0 spiro atoms. The molecule has 9 nitrogen and oxygen atoms in total. The van der Waals surface area contributed by atoms with Gasteiger partial charge in [0.25, 0.3) is 5.91 Å². The molecule has 2 N–H and O–H groups in total. The highest BCUT2D eigenvalue weighted by Gasteiger charge is 2.24. The molecule has 1 atom stereocenters. The van der Waals surface area contributed by atoms with E-state index in [0.29, 0.717) is 11.3 Å². The zero-order valence-electron chi connectivity index (χ0n) is 18.1. The SMILES string of the molecule is Cc1ccccc1[C@H](CC(=O)O)NC(=O)c1cc(OCc2ccno2)n(-c2ccccc2F)n1. The van der Waals surface area contributed by atoms with Gasteiger partial charge in [0, 0.05) is 12.1 Å². The maximum absolute atomic E-state index is 14.5. The Kier molecular flexibility index (Phi) is 6.67. The molecule has 34 heavy (non-hydrogen) atoms. The highest BCUT2D eigenvalue weighted by molar-refractivity contribution is 5.93. The van der Waals surface area contributed by atoms with Crippen molar-refractivity contribution in [3.63, 3.8) is 0 Å². The molecule has 2 aromatic heterocycles. The van der Waals surface area contributed by atoms with E-state index in [1.54, 1.807) is 24.3 Å². The Morgan fingerprint density at radius 1 is 1.18 bits per heavy atom. The van der Waals surface area contributed by atoms with Crippen molar-refractivity contribution < 1.29 is 28.3 Å². The van der Waals surface area contributed by atoms with Crippen molar-refractivity contribution in [3.8, 4) is 11.6 Å². The number of carboxylic acid groups (broad SMARTS) is 1. The van der Waals surface area contributed by atoms with Crippen LogP contribution in [0.5, 0.6) is 5.88 Å². The van der Waals surface area contributed by atoms with Crippen molar-refractivity contribution in [2.24, 2.45) is 0 Å². The zero-order chi connectivity index (χ0) is 24.1. The van der Waals surface area contributed by atoms with Gasteiger partial charge < -0.3 is 19.7 Å². The van der Waals surface area contributed by atoms with Crippen molar-refractivity contribution in [2.45, 2.75) is 26.0 Å². The zero-order valence-corrected chi connectivity index (χ0v) is 18.1. The van der Waals surface area contributed by atoms with Crippen molar-refractivity contribution in [1.29, 1.82) is 0 Å². The van der Waals surface area contributed by atoms with Crippen molar-refractivity contribution in [2.75, 3.05) is 0 Å². The number of hydrogen-bond donors (Lipinski definition) is 2. The van der Waals surface area contributed by atoms with Crippen LogP contribution in [0.1, 0.15) is 39.8 Å². The summed E-state index contributed by atoms with van der Waals surface area (Å²) in [5, 5.41) is 19.9. The molecule has 1 amide bonds. The molecule has 0 bridgehead atoms. The number of aryl methyl sites for hydroxylation is 1. The van der Waals surface area contributed by atoms with Crippen LogP contribution in [0.2, 0.25) is 0 Å². The molecular weight excluding hydrogens is 443 g/mol. The Balaban J connectivity index is 1.65. The monoisotopic (exact) mass is 464 g/mol. The minimum Gasteiger partial charge on any atom is -0.481 e. The molecule has 174 valence electrons. The number of benzene rings is 2. The van der Waals surface area contributed by atoms with E-state index in [9.17, 15) is 19.1 Å². The number of ether oxygens (including phenoxy) is 1. The van der Waals surface area contributed by atoms with E-state index in [0.717, 1.165) is 5.56 Å². The van der Waals surface area contributed by atoms with Crippen molar-refractivity contribution in [3.05, 3.63) is 95.3 Å². The van der Waals surface area contributed by atoms with E-state index in [-0.39, 0.29) is 30.3 Å². The summed E-state index contributed by atoms with van der Waals surface area (Å²) in [7, 11) is 0. The number of carbonyl (C=O) groups is 2. The van der Waals surface area contributed by atoms with E-state index in [1.807, 2.05) is 19.1 Å². The van der Waals surface area contributed by atoms with E-state index < -0.39 is 23.7 Å². The summed E-state index contributed by atoms with van der Waals surface area (Å²) in [6.45, 7) is 1.81. The lowest BCUT2D eigenvalue weighted by Gasteiger charge is -2.18. The van der Waals surface area contributed by atoms with Crippen LogP contribution in [0.3, 0.4) is 0 Å². The second kappa shape index (κ2) is 9.99. The van der Waals surface area contributed by atoms with Gasteiger partial charge in [-0.25, -0.2) is 4.39 Å². The molecule has 4 aromatic rings. The largest absolute Gasteiger partial charge is 0.481 e. The number of carboxylic acids is 1. The second-order valence-electron chi connectivity index (χ2n) is 7.48. The predicted molar refractivity (Wildman–Crippen MR) is 118 cm³/mol. The Hall–Kier alpha value is -4.47. The van der Waals surface area contributed by atoms with Crippen LogP contribution >= 0.6 is 0 Å². The number of halogens is 1. The minimum absolute atomic E-state index is 0.0218. The summed E-state index contributed by atoms with van der Waals surface area (Å²) in [6.07, 6.45) is 1.14. The standard InChI is InChI=1S/C24H21FN4O5/c1-15-6-2-3-7-17(15)19(13-23(30)31)27-24(32)20-12-22(33-14-16-10-11-26-34-16)29(28-20)21-9-5-4-8-18(21)25/h2-12,19H,13-14H2,1H3,(H,27,32)(H,30,31)/t19-/m0/s1. The molecule has 2 heterocycles. The summed E-state index contributed by atoms with van der Waals surface area (Å²) in [5.74, 6) is -1.74. The summed E-state index contributed by atoms with van der Waals surface area (Å²) in [5.41, 5.74) is 1.52. The first-order valence-corrected chi connectivity index (χ1v) is 10.4. The van der Waals surface area contributed by atoms with E-state index in [2.05, 4.69) is 15.6 Å². The van der Waals surface area contributed by atoms with Crippen LogP contribution in [0.4, 0.5) is 4.39 Å². The fourth-order valence-electron chi connectivity index (χ4n) is 3.46. The second-order valence-corrected chi connectivity index (χ2v) is 7.48. The third-order valence-electron chi connectivity index (χ3n) is 5.09. The van der Waals surface area contributed by atoms with Gasteiger partial charge in [0.05, 0.1) is 18.7 Å². The molecule has 0 saturated heterocycles. The van der Waals surface area contributed by atoms with E-state index >= 15 is 0 Å². The molecule has 0 fully saturated rings. The first kappa shape index (κ1) is 22.7. The number of amides is 1. The van der Waals surface area contributed by atoms with Gasteiger partial charge in [-0.2, -0.15) is 9.78 Å². The van der Waals surface area contributed by atoms with E-state index in [4.69, 9.17) is 9.26 Å². The fraction of sp³-hybridized carbons (Fsp3) is 0.167. The lowest BCUT2D eigenvalue weighted by molar-refractivity contribution is -0.137. The summed E-state index contributed by atoms with van der Waals surface area (Å²) in [4.78, 5) is 24.5. The van der Waals surface area contributed by atoms with Crippen molar-refractivity contribution >= 4 is 11.9 Å². The molecule has 10 heteroatoms. The molecule has 0 saturated carbocycles. The average Bonchev–Trinajstić information content (AvgIpc) is 3.48. The quantitative estimate of drug-likeness (QED) is 0.386. The van der Waals surface area contributed by atoms with Gasteiger partial charge in [-0.3, -0.25) is 9.59 Å². The highest BCUT2D eigenvalue weighted by Crippen LogP contribution is 2.25. The molecular formula is C24H21FN4O5. The smallest absolute Gasteiger partial charge is 0.305 e. The average molecular weight is 464 g/mol. The fourth-order valence-corrected chi connectivity index (χ4v) is 3.46. The molecule has 0 radical (unpaired) electrons. The van der Waals surface area contributed by atoms with Crippen LogP contribution in [0.15, 0.2) is 71.4 Å². The van der Waals surface area contributed by atoms with Gasteiger partial charge in [-0.1, -0.05) is 41.6 Å². The number of para-hydroxylation sites is 1. The lowest BCUT2D eigenvalue weighted by atomic mass is 9.98. The van der Waals surface area contributed by atoms with Gasteiger partial charge in [0.2, 0.25) is 5.88 Å². The van der Waals surface area contributed by atoms with E-state index in [1.165, 1.54) is 35.1 Å². The van der Waals surface area contributed by atoms with Crippen LogP contribution in [-0.2, 0) is 11.4 Å². The number of carbonyl (C=O) groups excluding carboxylic acids is 1. The molecule has 0 unspecified atom stereocenters. The molecule has 2 aromatic carbocycles. The van der Waals surface area contributed by atoms with Gasteiger partial charge in [-0.05, 0) is 30.2 Å². The Morgan fingerprint density at radius 3 is 2.65 bits per heavy atom. The number of aliphatic carboxylic acids is 1. The van der Waals surface area contributed by atoms with Gasteiger partial charge in [-0.15, -0.1) is 0 Å². The maximum atomic E-state index is 14.5. The number of hydrogen-bond acceptors (Lipinski definition) is 6. The first-order chi connectivity index (χ1) is 16.4. The summed E-state index contributed by atoms with van der Waals surface area (Å²) >= 11 is 0. The van der Waals surface area contributed by atoms with Gasteiger partial charge >= 0.3 is 5.97 Å². The summed E-state index contributed by atoms with van der Waals surface area (Å²) < 4.78 is 26.4. The maximum Gasteiger partial charge on any atom is 0.305 e. The number of rotatable bonds is 9. The normalized spacial score (nSPS) is 11.7. The molecule has 0 aliphatic heterocycles. The Labute approximate surface area is 193 Å². The minimum atomic E-state index is -1.07.